The van der Waals surface area contributed by atoms with Crippen LogP contribution in [-0.4, -0.2) is 0 Å². The lowest BCUT2D eigenvalue weighted by Crippen LogP contribution is -2.28. The molecule has 0 fully saturated rings. The van der Waals surface area contributed by atoms with Crippen LogP contribution < -0.4 is 4.90 Å². The summed E-state index contributed by atoms with van der Waals surface area (Å²) in [6.45, 7) is 0. The molecule has 2 heterocycles. The topological polar surface area (TPSA) is 16.4 Å². The van der Waals surface area contributed by atoms with E-state index in [0.717, 1.165) is 61.3 Å². The first-order valence-corrected chi connectivity index (χ1v) is 26.9. The van der Waals surface area contributed by atoms with Gasteiger partial charge in [-0.1, -0.05) is 218 Å². The summed E-state index contributed by atoms with van der Waals surface area (Å²) in [4.78, 5) is 2.41. The van der Waals surface area contributed by atoms with Crippen LogP contribution >= 0.6 is 11.3 Å². The molecule has 2 aromatic heterocycles. The maximum Gasteiger partial charge on any atom is 0.143 e. The fourth-order valence-electron chi connectivity index (χ4n) is 12.2. The third-order valence-electron chi connectivity index (χ3n) is 15.8. The standard InChI is InChI=1S/C73H47NOS/c1-3-17-55(18-4-1)73(56-19-5-2-6-20-56)67-26-10-7-21-61(67)65-47-59(42-43-68(65)73)74(57-38-33-49(34-39-57)48-29-31-51(32-30-48)60-24-14-25-64-62-22-8-11-27-69(62)75-72(60)64)58-40-35-50(36-41-58)52-15-13-16-53(45-52)54-37-44-71-66(46-54)63-23-9-12-28-70(63)76-71/h1-47H. The molecule has 0 unspecified atom stereocenters. The molecular formula is C73H47NOS. The molecule has 0 N–H and O–H groups in total. The molecule has 0 spiro atoms. The molecule has 15 rings (SSSR count). The summed E-state index contributed by atoms with van der Waals surface area (Å²) in [6, 6.07) is 105. The Kier molecular flexibility index (Phi) is 10.3. The van der Waals surface area contributed by atoms with Gasteiger partial charge in [0.2, 0.25) is 0 Å². The number of furan rings is 1. The van der Waals surface area contributed by atoms with Crippen LogP contribution in [0, 0.1) is 0 Å². The van der Waals surface area contributed by atoms with E-state index in [1.807, 2.05) is 23.5 Å². The maximum absolute atomic E-state index is 6.42. The zero-order chi connectivity index (χ0) is 50.2. The van der Waals surface area contributed by atoms with Gasteiger partial charge in [0.25, 0.3) is 0 Å². The Morgan fingerprint density at radius 1 is 0.289 bits per heavy atom. The Balaban J connectivity index is 0.821. The lowest BCUT2D eigenvalue weighted by atomic mass is 9.68. The Labute approximate surface area is 445 Å². The number of fused-ring (bicyclic) bond motifs is 9. The lowest BCUT2D eigenvalue weighted by molar-refractivity contribution is 0.670. The van der Waals surface area contributed by atoms with E-state index < -0.39 is 5.41 Å². The second kappa shape index (κ2) is 17.8. The summed E-state index contributed by atoms with van der Waals surface area (Å²) in [5, 5.41) is 4.91. The van der Waals surface area contributed by atoms with E-state index in [1.165, 1.54) is 75.8 Å². The summed E-state index contributed by atoms with van der Waals surface area (Å²) in [6.07, 6.45) is 0. The SMILES string of the molecule is c1ccc(C2(c3ccccc3)c3ccccc3-c3cc(N(c4ccc(-c5ccc(-c6cccc7c6oc6ccccc67)cc5)cc4)c4ccc(-c5cccc(-c6ccc7sc8ccccc8c7c6)c5)cc4)ccc32)cc1. The molecule has 0 bridgehead atoms. The summed E-state index contributed by atoms with van der Waals surface area (Å²) < 4.78 is 9.06. The van der Waals surface area contributed by atoms with Gasteiger partial charge < -0.3 is 9.32 Å². The summed E-state index contributed by atoms with van der Waals surface area (Å²) in [7, 11) is 0. The first kappa shape index (κ1) is 44.0. The molecule has 76 heavy (non-hydrogen) atoms. The Morgan fingerprint density at radius 3 is 1.53 bits per heavy atom. The third-order valence-corrected chi connectivity index (χ3v) is 16.9. The Bertz CT molecular complexity index is 4450. The molecule has 0 radical (unpaired) electrons. The monoisotopic (exact) mass is 985 g/mol. The molecule has 1 aliphatic carbocycles. The molecular weight excluding hydrogens is 939 g/mol. The van der Waals surface area contributed by atoms with Crippen molar-refractivity contribution in [2.45, 2.75) is 5.41 Å². The van der Waals surface area contributed by atoms with Gasteiger partial charge >= 0.3 is 0 Å². The quantitative estimate of drug-likeness (QED) is 0.143. The Hall–Kier alpha value is -9.54. The fraction of sp³-hybridized carbons (Fsp3) is 0.0137. The second-order valence-electron chi connectivity index (χ2n) is 19.9. The van der Waals surface area contributed by atoms with Gasteiger partial charge in [0.05, 0.1) is 5.41 Å². The van der Waals surface area contributed by atoms with Crippen LogP contribution in [0.1, 0.15) is 22.3 Å². The number of hydrogen-bond donors (Lipinski definition) is 0. The fourth-order valence-corrected chi connectivity index (χ4v) is 13.3. The van der Waals surface area contributed by atoms with E-state index in [0.29, 0.717) is 0 Å². The van der Waals surface area contributed by atoms with Gasteiger partial charge in [0.1, 0.15) is 11.2 Å². The number of para-hydroxylation sites is 2. The van der Waals surface area contributed by atoms with Crippen LogP contribution in [-0.2, 0) is 5.41 Å². The minimum Gasteiger partial charge on any atom is -0.455 e. The van der Waals surface area contributed by atoms with Crippen molar-refractivity contribution in [2.75, 3.05) is 4.90 Å². The number of thiophene rings is 1. The van der Waals surface area contributed by atoms with E-state index in [2.05, 4.69) is 278 Å². The average Bonchev–Trinajstić information content (AvgIpc) is 4.30. The minimum atomic E-state index is -0.479. The van der Waals surface area contributed by atoms with Crippen molar-refractivity contribution in [1.82, 2.24) is 0 Å². The van der Waals surface area contributed by atoms with Crippen molar-refractivity contribution in [3.05, 3.63) is 307 Å². The largest absolute Gasteiger partial charge is 0.455 e. The summed E-state index contributed by atoms with van der Waals surface area (Å²) in [5.41, 5.74) is 21.5. The van der Waals surface area contributed by atoms with Crippen LogP contribution in [0.3, 0.4) is 0 Å². The van der Waals surface area contributed by atoms with Gasteiger partial charge in [-0.15, -0.1) is 11.3 Å². The van der Waals surface area contributed by atoms with E-state index in [9.17, 15) is 0 Å². The predicted molar refractivity (Wildman–Crippen MR) is 320 cm³/mol. The maximum atomic E-state index is 6.42. The van der Waals surface area contributed by atoms with Crippen LogP contribution in [0.4, 0.5) is 17.1 Å². The van der Waals surface area contributed by atoms with E-state index in [-0.39, 0.29) is 0 Å². The van der Waals surface area contributed by atoms with Crippen LogP contribution in [0.15, 0.2) is 290 Å². The van der Waals surface area contributed by atoms with Gasteiger partial charge in [-0.25, -0.2) is 0 Å². The lowest BCUT2D eigenvalue weighted by Gasteiger charge is -2.34. The molecule has 0 aliphatic heterocycles. The van der Waals surface area contributed by atoms with Crippen LogP contribution in [0.2, 0.25) is 0 Å². The van der Waals surface area contributed by atoms with Crippen molar-refractivity contribution in [1.29, 1.82) is 0 Å². The highest BCUT2D eigenvalue weighted by molar-refractivity contribution is 7.25. The minimum absolute atomic E-state index is 0.479. The smallest absolute Gasteiger partial charge is 0.143 e. The Morgan fingerprint density at radius 2 is 0.789 bits per heavy atom. The highest BCUT2D eigenvalue weighted by atomic mass is 32.1. The van der Waals surface area contributed by atoms with Crippen LogP contribution in [0.25, 0.3) is 97.7 Å². The molecule has 356 valence electrons. The number of benzene rings is 12. The van der Waals surface area contributed by atoms with Crippen molar-refractivity contribution in [3.8, 4) is 55.6 Å². The number of rotatable bonds is 9. The van der Waals surface area contributed by atoms with Gasteiger partial charge in [-0.2, -0.15) is 0 Å². The van der Waals surface area contributed by atoms with E-state index in [4.69, 9.17) is 4.42 Å². The molecule has 0 saturated carbocycles. The number of anilines is 3. The van der Waals surface area contributed by atoms with Gasteiger partial charge in [-0.05, 0) is 139 Å². The zero-order valence-electron chi connectivity index (χ0n) is 41.4. The number of nitrogens with zero attached hydrogens (tertiary/aromatic N) is 1. The third kappa shape index (κ3) is 7.08. The molecule has 14 aromatic rings. The first-order chi connectivity index (χ1) is 37.7. The summed E-state index contributed by atoms with van der Waals surface area (Å²) in [5.74, 6) is 0. The predicted octanol–water partition coefficient (Wildman–Crippen LogP) is 20.5. The second-order valence-corrected chi connectivity index (χ2v) is 21.0. The van der Waals surface area contributed by atoms with E-state index in [1.54, 1.807) is 0 Å². The molecule has 0 atom stereocenters. The molecule has 12 aromatic carbocycles. The van der Waals surface area contributed by atoms with E-state index >= 15 is 0 Å². The highest BCUT2D eigenvalue weighted by Crippen LogP contribution is 2.57. The average molecular weight is 986 g/mol. The first-order valence-electron chi connectivity index (χ1n) is 26.0. The molecule has 0 amide bonds. The molecule has 1 aliphatic rings. The molecule has 0 saturated heterocycles. The highest BCUT2D eigenvalue weighted by Gasteiger charge is 2.46. The normalized spacial score (nSPS) is 12.6. The van der Waals surface area contributed by atoms with Gasteiger partial charge in [0.15, 0.2) is 0 Å². The van der Waals surface area contributed by atoms with Gasteiger partial charge in [0, 0.05) is 53.6 Å². The summed E-state index contributed by atoms with van der Waals surface area (Å²) >= 11 is 1.86. The zero-order valence-corrected chi connectivity index (χ0v) is 42.2. The van der Waals surface area contributed by atoms with Crippen molar-refractivity contribution < 1.29 is 4.42 Å². The van der Waals surface area contributed by atoms with Gasteiger partial charge in [-0.3, -0.25) is 0 Å². The molecule has 2 nitrogen and oxygen atoms in total. The molecule has 3 heteroatoms. The van der Waals surface area contributed by atoms with Crippen molar-refractivity contribution >= 4 is 70.5 Å². The number of hydrogen-bond acceptors (Lipinski definition) is 3. The van der Waals surface area contributed by atoms with Crippen molar-refractivity contribution in [3.63, 3.8) is 0 Å². The van der Waals surface area contributed by atoms with Crippen LogP contribution in [0.5, 0.6) is 0 Å². The van der Waals surface area contributed by atoms with Crippen molar-refractivity contribution in [2.24, 2.45) is 0 Å².